The zero-order valence-electron chi connectivity index (χ0n) is 11.8. The minimum Gasteiger partial charge on any atom is -0.380 e. The van der Waals surface area contributed by atoms with Crippen LogP contribution in [0.2, 0.25) is 0 Å². The maximum atomic E-state index is 12.8. The topological polar surface area (TPSA) is 131 Å². The van der Waals surface area contributed by atoms with E-state index in [-0.39, 0.29) is 0 Å². The first kappa shape index (κ1) is 23.9. The third-order valence-electron chi connectivity index (χ3n) is 2.03. The maximum Gasteiger partial charge on any atom is 0.486 e. The molecule has 0 saturated carbocycles. The zero-order valence-corrected chi connectivity index (χ0v) is 12.6. The van der Waals surface area contributed by atoms with Crippen LogP contribution in [0.3, 0.4) is 0 Å². The summed E-state index contributed by atoms with van der Waals surface area (Å²) >= 11 is 0. The first-order valence-electron chi connectivity index (χ1n) is 5.76. The van der Waals surface area contributed by atoms with Gasteiger partial charge in [-0.15, -0.1) is 0 Å². The summed E-state index contributed by atoms with van der Waals surface area (Å²) in [5, 5.41) is -3.60. The van der Waals surface area contributed by atoms with Crippen molar-refractivity contribution in [2.75, 3.05) is 13.1 Å². The van der Waals surface area contributed by atoms with Gasteiger partial charge in [0, 0.05) is 13.1 Å². The van der Waals surface area contributed by atoms with Crippen molar-refractivity contribution in [2.45, 2.75) is 23.9 Å². The Bertz CT molecular complexity index is 626. The van der Waals surface area contributed by atoms with Crippen LogP contribution >= 0.6 is 0 Å². The highest BCUT2D eigenvalue weighted by Gasteiger charge is 2.69. The second-order valence-corrected chi connectivity index (χ2v) is 5.47. The van der Waals surface area contributed by atoms with Crippen molar-refractivity contribution in [1.29, 1.82) is 0 Å². The Morgan fingerprint density at radius 2 is 1.31 bits per heavy atom. The minimum atomic E-state index is -6.66. The van der Waals surface area contributed by atoms with E-state index < -0.39 is 59.3 Å². The molecule has 0 aromatic carbocycles. The van der Waals surface area contributed by atoms with E-state index in [1.54, 1.807) is 0 Å². The van der Waals surface area contributed by atoms with E-state index in [0.29, 0.717) is 0 Å². The summed E-state index contributed by atoms with van der Waals surface area (Å²) in [4.78, 5) is 21.5. The van der Waals surface area contributed by atoms with E-state index in [4.69, 9.17) is 4.55 Å². The number of hydrogen-bond donors (Lipinski definition) is 3. The van der Waals surface area contributed by atoms with Crippen LogP contribution in [0, 0.1) is 0 Å². The van der Waals surface area contributed by atoms with Gasteiger partial charge in [0.1, 0.15) is 0 Å². The Kier molecular flexibility index (Phi) is 7.41. The van der Waals surface area contributed by atoms with E-state index >= 15 is 0 Å². The molecule has 0 aromatic heterocycles. The van der Waals surface area contributed by atoms with Gasteiger partial charge in [0.05, 0.1) is 0 Å². The fourth-order valence-corrected chi connectivity index (χ4v) is 1.24. The first-order valence-corrected chi connectivity index (χ1v) is 7.20. The number of hydrogen-bond acceptors (Lipinski definition) is 6. The summed E-state index contributed by atoms with van der Waals surface area (Å²) in [7, 11) is -6.66. The zero-order chi connectivity index (χ0) is 21.0. The maximum absolute atomic E-state index is 12.8. The molecule has 0 unspecified atom stereocenters. The van der Waals surface area contributed by atoms with Crippen LogP contribution in [0.5, 0.6) is 0 Å². The Labute approximate surface area is 138 Å². The molecular formula is C8H8F8N2O7S. The summed E-state index contributed by atoms with van der Waals surface area (Å²) < 4.78 is 133. The Hall–Kier alpha value is -2.11. The van der Waals surface area contributed by atoms with Crippen LogP contribution in [0.1, 0.15) is 0 Å². The van der Waals surface area contributed by atoms with Gasteiger partial charge in [-0.25, -0.2) is 9.59 Å². The van der Waals surface area contributed by atoms with Crippen molar-refractivity contribution in [1.82, 2.24) is 10.6 Å². The molecule has 0 aromatic rings. The lowest BCUT2D eigenvalue weighted by atomic mass is 10.6. The molecule has 26 heavy (non-hydrogen) atoms. The van der Waals surface area contributed by atoms with Crippen LogP contribution in [0.25, 0.3) is 0 Å². The predicted octanol–water partition coefficient (Wildman–Crippen LogP) is 1.37. The van der Waals surface area contributed by atoms with Crippen molar-refractivity contribution in [2.24, 2.45) is 0 Å². The molecule has 3 N–H and O–H groups in total. The molecule has 0 aliphatic rings. The fourth-order valence-electron chi connectivity index (χ4n) is 0.895. The van der Waals surface area contributed by atoms with Crippen molar-refractivity contribution in [3.05, 3.63) is 0 Å². The highest BCUT2D eigenvalue weighted by Crippen LogP contribution is 2.39. The summed E-state index contributed by atoms with van der Waals surface area (Å²) in [6.45, 7) is -1.87. The average molecular weight is 428 g/mol. The number of ether oxygens (including phenoxy) is 2. The summed E-state index contributed by atoms with van der Waals surface area (Å²) in [6.07, 6.45) is -20.0. The van der Waals surface area contributed by atoms with Crippen LogP contribution in [-0.2, 0) is 19.6 Å². The highest BCUT2D eigenvalue weighted by atomic mass is 32.2. The van der Waals surface area contributed by atoms with Gasteiger partial charge in [-0.3, -0.25) is 4.55 Å². The highest BCUT2D eigenvalue weighted by molar-refractivity contribution is 7.86. The second-order valence-electron chi connectivity index (χ2n) is 4.00. The van der Waals surface area contributed by atoms with Gasteiger partial charge in [-0.05, 0) is 0 Å². The molecule has 0 heterocycles. The smallest absolute Gasteiger partial charge is 0.380 e. The number of carbonyl (C=O) groups is 2. The third kappa shape index (κ3) is 6.32. The van der Waals surface area contributed by atoms with Crippen molar-refractivity contribution >= 4 is 22.3 Å². The second kappa shape index (κ2) is 8.06. The molecule has 0 aliphatic heterocycles. The minimum absolute atomic E-state index is 0.909. The van der Waals surface area contributed by atoms with Crippen LogP contribution < -0.4 is 10.6 Å². The van der Waals surface area contributed by atoms with Crippen molar-refractivity contribution in [3.63, 3.8) is 0 Å². The number of amides is 2. The van der Waals surface area contributed by atoms with Gasteiger partial charge in [0.15, 0.2) is 0 Å². The summed E-state index contributed by atoms with van der Waals surface area (Å²) in [5.74, 6) is 0. The van der Waals surface area contributed by atoms with Gasteiger partial charge in [0.2, 0.25) is 0 Å². The molecule has 18 heteroatoms. The summed E-state index contributed by atoms with van der Waals surface area (Å²) in [6, 6.07) is 0. The molecule has 0 radical (unpaired) electrons. The summed E-state index contributed by atoms with van der Waals surface area (Å²) in [5.41, 5.74) is 0. The van der Waals surface area contributed by atoms with Gasteiger partial charge in [-0.2, -0.15) is 43.5 Å². The van der Waals surface area contributed by atoms with E-state index in [9.17, 15) is 53.1 Å². The Balaban J connectivity index is 4.43. The molecule has 0 aliphatic carbocycles. The molecule has 154 valence electrons. The van der Waals surface area contributed by atoms with Crippen molar-refractivity contribution < 1.29 is 67.2 Å². The SMILES string of the molecule is O=C(NCCNC(=O)OC(F)(F)C(F)(F)S(=O)(=O)O)OC(F)(F)C(F)F. The number of halogens is 8. The predicted molar refractivity (Wildman–Crippen MR) is 61.4 cm³/mol. The van der Waals surface area contributed by atoms with E-state index in [0.717, 1.165) is 0 Å². The van der Waals surface area contributed by atoms with Crippen molar-refractivity contribution in [3.8, 4) is 0 Å². The largest absolute Gasteiger partial charge is 0.486 e. The molecule has 9 nitrogen and oxygen atoms in total. The van der Waals surface area contributed by atoms with Gasteiger partial charge >= 0.3 is 46.2 Å². The van der Waals surface area contributed by atoms with Crippen LogP contribution in [-0.4, -0.2) is 62.1 Å². The van der Waals surface area contributed by atoms with E-state index in [1.165, 1.54) is 10.6 Å². The molecule has 0 spiro atoms. The van der Waals surface area contributed by atoms with Gasteiger partial charge < -0.3 is 20.1 Å². The number of nitrogens with one attached hydrogen (secondary N) is 2. The lowest BCUT2D eigenvalue weighted by molar-refractivity contribution is -0.288. The molecular weight excluding hydrogens is 420 g/mol. The third-order valence-corrected chi connectivity index (χ3v) is 2.92. The molecule has 0 bridgehead atoms. The quantitative estimate of drug-likeness (QED) is 0.302. The average Bonchev–Trinajstić information content (AvgIpc) is 2.41. The van der Waals surface area contributed by atoms with E-state index in [1.807, 2.05) is 0 Å². The van der Waals surface area contributed by atoms with Gasteiger partial charge in [-0.1, -0.05) is 0 Å². The molecule has 0 saturated heterocycles. The first-order chi connectivity index (χ1) is 11.4. The molecule has 2 amide bonds. The number of alkyl carbamates (subject to hydrolysis) is 2. The van der Waals surface area contributed by atoms with Crippen LogP contribution in [0.15, 0.2) is 0 Å². The number of rotatable bonds is 8. The standard InChI is InChI=1S/C8H8F8N2O7S/c9-3(10)6(11,12)24-4(19)17-1-2-18-5(20)25-7(13,14)8(15,16)26(21,22)23/h3H,1-2H2,(H,17,19)(H,18,20)(H,21,22,23). The Morgan fingerprint density at radius 1 is 0.923 bits per heavy atom. The number of alkyl halides is 8. The monoisotopic (exact) mass is 428 g/mol. The Morgan fingerprint density at radius 3 is 1.65 bits per heavy atom. The molecule has 0 fully saturated rings. The molecule has 0 rings (SSSR count). The number of carbonyl (C=O) groups excluding carboxylic acids is 2. The lowest BCUT2D eigenvalue weighted by Crippen LogP contribution is -2.51. The van der Waals surface area contributed by atoms with E-state index in [2.05, 4.69) is 9.47 Å². The normalized spacial score (nSPS) is 13.3. The molecule has 0 atom stereocenters. The van der Waals surface area contributed by atoms with Gasteiger partial charge in [0.25, 0.3) is 0 Å². The fraction of sp³-hybridized carbons (Fsp3) is 0.750. The van der Waals surface area contributed by atoms with Crippen LogP contribution in [0.4, 0.5) is 44.7 Å². The lowest BCUT2D eigenvalue weighted by Gasteiger charge is -2.22.